The third-order valence-corrected chi connectivity index (χ3v) is 5.89. The van der Waals surface area contributed by atoms with Crippen molar-refractivity contribution in [2.24, 2.45) is 0 Å². The van der Waals surface area contributed by atoms with Crippen LogP contribution in [0.25, 0.3) is 0 Å². The molecule has 3 aromatic rings. The number of hydrogen-bond donors (Lipinski definition) is 1. The molecule has 0 aliphatic heterocycles. The zero-order chi connectivity index (χ0) is 25.0. The summed E-state index contributed by atoms with van der Waals surface area (Å²) in [6, 6.07) is 22.9. The first-order valence-electron chi connectivity index (χ1n) is 11.2. The Labute approximate surface area is 215 Å². The molecule has 0 saturated carbocycles. The van der Waals surface area contributed by atoms with Gasteiger partial charge in [0, 0.05) is 31.6 Å². The third kappa shape index (κ3) is 8.28. The average Bonchev–Trinajstić information content (AvgIpc) is 2.87. The van der Waals surface area contributed by atoms with E-state index in [9.17, 15) is 9.59 Å². The highest BCUT2D eigenvalue weighted by atomic mass is 35.5. The number of ether oxygens (including phenoxy) is 2. The number of nitrogens with zero attached hydrogens (tertiary/aromatic N) is 1. The van der Waals surface area contributed by atoms with E-state index >= 15 is 0 Å². The van der Waals surface area contributed by atoms with Gasteiger partial charge in [0.05, 0.1) is 11.6 Å². The van der Waals surface area contributed by atoms with Crippen molar-refractivity contribution in [3.8, 4) is 5.75 Å². The molecule has 6 nitrogen and oxygen atoms in total. The smallest absolute Gasteiger partial charge is 0.261 e. The van der Waals surface area contributed by atoms with Crippen LogP contribution >= 0.6 is 23.2 Å². The number of para-hydroxylation sites is 1. The van der Waals surface area contributed by atoms with Crippen molar-refractivity contribution in [3.05, 3.63) is 100 Å². The van der Waals surface area contributed by atoms with Gasteiger partial charge in [0.25, 0.3) is 5.91 Å². The van der Waals surface area contributed by atoms with E-state index in [1.54, 1.807) is 43.5 Å². The third-order valence-electron chi connectivity index (χ3n) is 5.33. The minimum Gasteiger partial charge on any atom is -0.482 e. The molecule has 0 unspecified atom stereocenters. The van der Waals surface area contributed by atoms with Gasteiger partial charge in [-0.3, -0.25) is 9.59 Å². The molecular weight excluding hydrogens is 487 g/mol. The Hall–Kier alpha value is -3.06. The van der Waals surface area contributed by atoms with Crippen molar-refractivity contribution in [3.63, 3.8) is 0 Å². The van der Waals surface area contributed by atoms with Crippen LogP contribution in [0.5, 0.6) is 5.75 Å². The number of hydrogen-bond acceptors (Lipinski definition) is 4. The SMILES string of the molecule is COCCNC(=O)[C@@H](Cc1ccccc1)N(Cc1ccc(Cl)cc1)C(=O)COc1ccccc1Cl. The Morgan fingerprint density at radius 1 is 0.914 bits per heavy atom. The fourth-order valence-electron chi connectivity index (χ4n) is 3.52. The highest BCUT2D eigenvalue weighted by Gasteiger charge is 2.30. The Morgan fingerprint density at radius 3 is 2.29 bits per heavy atom. The number of halogens is 2. The maximum atomic E-state index is 13.5. The summed E-state index contributed by atoms with van der Waals surface area (Å²) in [5.74, 6) is -0.216. The maximum absolute atomic E-state index is 13.5. The Bertz CT molecular complexity index is 1090. The maximum Gasteiger partial charge on any atom is 0.261 e. The zero-order valence-electron chi connectivity index (χ0n) is 19.5. The van der Waals surface area contributed by atoms with Crippen LogP contribution in [0, 0.1) is 0 Å². The van der Waals surface area contributed by atoms with Crippen molar-refractivity contribution in [2.45, 2.75) is 19.0 Å². The molecule has 8 heteroatoms. The first-order valence-corrected chi connectivity index (χ1v) is 12.0. The molecule has 1 N–H and O–H groups in total. The summed E-state index contributed by atoms with van der Waals surface area (Å²) in [7, 11) is 1.57. The van der Waals surface area contributed by atoms with E-state index in [1.165, 1.54) is 4.90 Å². The minimum absolute atomic E-state index is 0.205. The Kier molecular flexibility index (Phi) is 10.4. The molecule has 0 fully saturated rings. The number of carbonyl (C=O) groups is 2. The molecule has 2 amide bonds. The van der Waals surface area contributed by atoms with E-state index in [2.05, 4.69) is 5.32 Å². The van der Waals surface area contributed by atoms with Crippen molar-refractivity contribution in [1.82, 2.24) is 10.2 Å². The van der Waals surface area contributed by atoms with Gasteiger partial charge in [-0.2, -0.15) is 0 Å². The first-order chi connectivity index (χ1) is 17.0. The summed E-state index contributed by atoms with van der Waals surface area (Å²) < 4.78 is 10.8. The average molecular weight is 515 g/mol. The largest absolute Gasteiger partial charge is 0.482 e. The standard InChI is InChI=1S/C27H28Cl2N2O4/c1-34-16-15-30-27(33)24(17-20-7-3-2-4-8-20)31(18-21-11-13-22(28)14-12-21)26(32)19-35-25-10-6-5-9-23(25)29/h2-14,24H,15-19H2,1H3,(H,30,33)/t24-/m1/s1. The molecule has 0 radical (unpaired) electrons. The van der Waals surface area contributed by atoms with E-state index in [0.717, 1.165) is 11.1 Å². The highest BCUT2D eigenvalue weighted by Crippen LogP contribution is 2.23. The van der Waals surface area contributed by atoms with Crippen LogP contribution in [0.2, 0.25) is 10.0 Å². The molecule has 0 aliphatic rings. The minimum atomic E-state index is -0.771. The van der Waals surface area contributed by atoms with Crippen LogP contribution < -0.4 is 10.1 Å². The molecule has 0 heterocycles. The fraction of sp³-hybridized carbons (Fsp3) is 0.259. The Morgan fingerprint density at radius 2 is 1.60 bits per heavy atom. The van der Waals surface area contributed by atoms with Crippen LogP contribution in [0.4, 0.5) is 0 Å². The molecule has 0 spiro atoms. The fourth-order valence-corrected chi connectivity index (χ4v) is 3.84. The second-order valence-electron chi connectivity index (χ2n) is 7.86. The van der Waals surface area contributed by atoms with Crippen LogP contribution in [-0.4, -0.2) is 49.6 Å². The molecule has 3 aromatic carbocycles. The lowest BCUT2D eigenvalue weighted by atomic mass is 10.0. The van der Waals surface area contributed by atoms with Gasteiger partial charge >= 0.3 is 0 Å². The van der Waals surface area contributed by atoms with Gasteiger partial charge in [-0.05, 0) is 35.4 Å². The predicted molar refractivity (Wildman–Crippen MR) is 138 cm³/mol. The molecule has 0 saturated heterocycles. The number of amides is 2. The molecule has 0 aromatic heterocycles. The van der Waals surface area contributed by atoms with Gasteiger partial charge < -0.3 is 19.7 Å². The molecule has 35 heavy (non-hydrogen) atoms. The topological polar surface area (TPSA) is 67.9 Å². The van der Waals surface area contributed by atoms with E-state index in [1.807, 2.05) is 42.5 Å². The number of carbonyl (C=O) groups excluding carboxylic acids is 2. The lowest BCUT2D eigenvalue weighted by molar-refractivity contribution is -0.142. The number of rotatable bonds is 12. The summed E-state index contributed by atoms with van der Waals surface area (Å²) in [5, 5.41) is 3.87. The number of nitrogens with one attached hydrogen (secondary N) is 1. The summed E-state index contributed by atoms with van der Waals surface area (Å²) >= 11 is 12.2. The van der Waals surface area contributed by atoms with E-state index in [4.69, 9.17) is 32.7 Å². The number of benzene rings is 3. The van der Waals surface area contributed by atoms with Gasteiger partial charge in [0.2, 0.25) is 5.91 Å². The predicted octanol–water partition coefficient (Wildman–Crippen LogP) is 4.77. The van der Waals surface area contributed by atoms with E-state index in [-0.39, 0.29) is 25.0 Å². The Balaban J connectivity index is 1.88. The zero-order valence-corrected chi connectivity index (χ0v) is 21.0. The van der Waals surface area contributed by atoms with Crippen molar-refractivity contribution >= 4 is 35.0 Å². The van der Waals surface area contributed by atoms with Gasteiger partial charge in [-0.1, -0.05) is 77.8 Å². The summed E-state index contributed by atoms with van der Waals surface area (Å²) in [6.07, 6.45) is 0.338. The van der Waals surface area contributed by atoms with Gasteiger partial charge in [0.15, 0.2) is 6.61 Å². The number of methoxy groups -OCH3 is 1. The monoisotopic (exact) mass is 514 g/mol. The highest BCUT2D eigenvalue weighted by molar-refractivity contribution is 6.32. The quantitative estimate of drug-likeness (QED) is 0.353. The molecule has 3 rings (SSSR count). The first kappa shape index (κ1) is 26.5. The molecule has 184 valence electrons. The van der Waals surface area contributed by atoms with Crippen molar-refractivity contribution in [1.29, 1.82) is 0 Å². The molecule has 0 aliphatic carbocycles. The lowest BCUT2D eigenvalue weighted by Crippen LogP contribution is -2.52. The van der Waals surface area contributed by atoms with Crippen LogP contribution in [-0.2, 0) is 27.3 Å². The van der Waals surface area contributed by atoms with Crippen LogP contribution in [0.1, 0.15) is 11.1 Å². The molecular formula is C27H28Cl2N2O4. The van der Waals surface area contributed by atoms with Crippen molar-refractivity contribution in [2.75, 3.05) is 26.9 Å². The second kappa shape index (κ2) is 13.7. The van der Waals surface area contributed by atoms with Gasteiger partial charge in [-0.15, -0.1) is 0 Å². The summed E-state index contributed by atoms with van der Waals surface area (Å²) in [6.45, 7) is 0.634. The van der Waals surface area contributed by atoms with Gasteiger partial charge in [0.1, 0.15) is 11.8 Å². The van der Waals surface area contributed by atoms with E-state index < -0.39 is 6.04 Å². The lowest BCUT2D eigenvalue weighted by Gasteiger charge is -2.31. The summed E-state index contributed by atoms with van der Waals surface area (Å²) in [5.41, 5.74) is 1.77. The summed E-state index contributed by atoms with van der Waals surface area (Å²) in [4.78, 5) is 28.3. The molecule has 1 atom stereocenters. The van der Waals surface area contributed by atoms with Gasteiger partial charge in [-0.25, -0.2) is 0 Å². The van der Waals surface area contributed by atoms with E-state index in [0.29, 0.717) is 35.4 Å². The van der Waals surface area contributed by atoms with Crippen LogP contribution in [0.15, 0.2) is 78.9 Å². The van der Waals surface area contributed by atoms with Crippen LogP contribution in [0.3, 0.4) is 0 Å². The van der Waals surface area contributed by atoms with Crippen molar-refractivity contribution < 1.29 is 19.1 Å². The normalized spacial score (nSPS) is 11.5. The second-order valence-corrected chi connectivity index (χ2v) is 8.70. The molecule has 0 bridgehead atoms.